The molecule has 2 N–H and O–H groups in total. The van der Waals surface area contributed by atoms with Gasteiger partial charge in [-0.1, -0.05) is 6.92 Å². The Kier molecular flexibility index (Phi) is 3.62. The van der Waals surface area contributed by atoms with Crippen molar-refractivity contribution < 1.29 is 5.11 Å². The predicted octanol–water partition coefficient (Wildman–Crippen LogP) is 1.21. The van der Waals surface area contributed by atoms with Gasteiger partial charge in [-0.3, -0.25) is 9.20 Å². The molecule has 0 radical (unpaired) electrons. The zero-order chi connectivity index (χ0) is 13.1. The minimum absolute atomic E-state index is 0.0232. The van der Waals surface area contributed by atoms with Crippen LogP contribution in [0.25, 0.3) is 5.65 Å². The first-order valence-electron chi connectivity index (χ1n) is 6.05. The molecule has 0 spiro atoms. The molecule has 0 saturated carbocycles. The second kappa shape index (κ2) is 5.18. The molecule has 2 aromatic rings. The second-order valence-corrected chi connectivity index (χ2v) is 4.28. The van der Waals surface area contributed by atoms with Crippen LogP contribution in [0.3, 0.4) is 0 Å². The van der Waals surface area contributed by atoms with Crippen molar-refractivity contribution in [2.24, 2.45) is 0 Å². The van der Waals surface area contributed by atoms with Gasteiger partial charge in [-0.2, -0.15) is 0 Å². The number of aromatic nitrogens is 2. The third kappa shape index (κ3) is 2.36. The van der Waals surface area contributed by atoms with Crippen molar-refractivity contribution in [3.05, 3.63) is 39.9 Å². The van der Waals surface area contributed by atoms with Crippen LogP contribution >= 0.6 is 0 Å². The molecule has 0 aromatic carbocycles. The topological polar surface area (TPSA) is 66.6 Å². The number of hydrogen-bond donors (Lipinski definition) is 2. The van der Waals surface area contributed by atoms with Crippen LogP contribution in [0, 0.1) is 6.92 Å². The maximum atomic E-state index is 12.0. The first kappa shape index (κ1) is 12.6. The molecular formula is C13H17N3O2. The molecular weight excluding hydrogens is 230 g/mol. The molecule has 0 saturated heterocycles. The van der Waals surface area contributed by atoms with Gasteiger partial charge in [0.05, 0.1) is 5.69 Å². The number of aromatic hydroxyl groups is 1. The summed E-state index contributed by atoms with van der Waals surface area (Å²) in [5, 5.41) is 13.0. The van der Waals surface area contributed by atoms with E-state index in [0.717, 1.165) is 18.7 Å². The summed E-state index contributed by atoms with van der Waals surface area (Å²) in [6, 6.07) is 4.75. The van der Waals surface area contributed by atoms with Gasteiger partial charge in [-0.15, -0.1) is 0 Å². The molecule has 0 aliphatic heterocycles. The molecule has 2 aromatic heterocycles. The fraction of sp³-hybridized carbons (Fsp3) is 0.385. The third-order valence-electron chi connectivity index (χ3n) is 2.77. The van der Waals surface area contributed by atoms with Crippen molar-refractivity contribution in [2.45, 2.75) is 26.8 Å². The van der Waals surface area contributed by atoms with E-state index < -0.39 is 0 Å². The van der Waals surface area contributed by atoms with E-state index in [4.69, 9.17) is 0 Å². The lowest BCUT2D eigenvalue weighted by Crippen LogP contribution is -2.21. The van der Waals surface area contributed by atoms with Crippen molar-refractivity contribution in [3.63, 3.8) is 0 Å². The normalized spacial score (nSPS) is 11.0. The standard InChI is InChI=1S/C13H17N3O2/c1-3-6-14-8-10-7-12(18)16-9(2)4-5-11(17)13(16)15-10/h4-5,7,14,17H,3,6,8H2,1-2H3. The number of pyridine rings is 1. The van der Waals surface area contributed by atoms with Crippen molar-refractivity contribution in [1.29, 1.82) is 0 Å². The lowest BCUT2D eigenvalue weighted by atomic mass is 10.3. The highest BCUT2D eigenvalue weighted by atomic mass is 16.3. The van der Waals surface area contributed by atoms with Gasteiger partial charge >= 0.3 is 0 Å². The molecule has 96 valence electrons. The fourth-order valence-electron chi connectivity index (χ4n) is 1.87. The number of nitrogens with zero attached hydrogens (tertiary/aromatic N) is 2. The zero-order valence-electron chi connectivity index (χ0n) is 10.6. The Morgan fingerprint density at radius 1 is 1.44 bits per heavy atom. The molecule has 0 amide bonds. The molecule has 0 aliphatic rings. The van der Waals surface area contributed by atoms with E-state index in [-0.39, 0.29) is 11.3 Å². The lowest BCUT2D eigenvalue weighted by Gasteiger charge is -2.08. The Morgan fingerprint density at radius 3 is 2.94 bits per heavy atom. The highest BCUT2D eigenvalue weighted by Crippen LogP contribution is 2.16. The summed E-state index contributed by atoms with van der Waals surface area (Å²) in [5.41, 5.74) is 1.56. The van der Waals surface area contributed by atoms with Gasteiger partial charge in [0.2, 0.25) is 0 Å². The summed E-state index contributed by atoms with van der Waals surface area (Å²) in [5.74, 6) is 0.0232. The van der Waals surface area contributed by atoms with E-state index in [0.29, 0.717) is 17.9 Å². The number of nitrogens with one attached hydrogen (secondary N) is 1. The minimum atomic E-state index is -0.165. The first-order chi connectivity index (χ1) is 8.63. The van der Waals surface area contributed by atoms with Crippen molar-refractivity contribution in [1.82, 2.24) is 14.7 Å². The van der Waals surface area contributed by atoms with Gasteiger partial charge < -0.3 is 10.4 Å². The van der Waals surface area contributed by atoms with E-state index in [9.17, 15) is 9.90 Å². The number of rotatable bonds is 4. The van der Waals surface area contributed by atoms with Gasteiger partial charge in [0.25, 0.3) is 5.56 Å². The maximum absolute atomic E-state index is 12.0. The van der Waals surface area contributed by atoms with Gasteiger partial charge in [0.1, 0.15) is 0 Å². The van der Waals surface area contributed by atoms with Gasteiger partial charge in [-0.05, 0) is 32.0 Å². The maximum Gasteiger partial charge on any atom is 0.258 e. The van der Waals surface area contributed by atoms with E-state index in [1.807, 2.05) is 6.92 Å². The van der Waals surface area contributed by atoms with E-state index in [1.165, 1.54) is 10.5 Å². The van der Waals surface area contributed by atoms with Gasteiger partial charge in [-0.25, -0.2) is 4.98 Å². The molecule has 0 fully saturated rings. The van der Waals surface area contributed by atoms with Crippen LogP contribution in [0.2, 0.25) is 0 Å². The largest absolute Gasteiger partial charge is 0.504 e. The Bertz CT molecular complexity index is 619. The van der Waals surface area contributed by atoms with Crippen molar-refractivity contribution in [2.75, 3.05) is 6.54 Å². The summed E-state index contributed by atoms with van der Waals surface area (Å²) < 4.78 is 1.42. The van der Waals surface area contributed by atoms with Gasteiger partial charge in [0.15, 0.2) is 11.4 Å². The molecule has 2 heterocycles. The quantitative estimate of drug-likeness (QED) is 0.797. The summed E-state index contributed by atoms with van der Waals surface area (Å²) in [6.45, 7) is 5.29. The molecule has 5 nitrogen and oxygen atoms in total. The second-order valence-electron chi connectivity index (χ2n) is 4.28. The van der Waals surface area contributed by atoms with Crippen LogP contribution < -0.4 is 10.9 Å². The fourth-order valence-corrected chi connectivity index (χ4v) is 1.87. The smallest absolute Gasteiger partial charge is 0.258 e. The highest BCUT2D eigenvalue weighted by Gasteiger charge is 2.07. The van der Waals surface area contributed by atoms with E-state index in [2.05, 4.69) is 17.2 Å². The van der Waals surface area contributed by atoms with Crippen LogP contribution in [-0.4, -0.2) is 21.0 Å². The SMILES string of the molecule is CCCNCc1cc(=O)n2c(C)ccc(O)c2n1. The molecule has 2 rings (SSSR count). The third-order valence-corrected chi connectivity index (χ3v) is 2.77. The Hall–Kier alpha value is -1.88. The van der Waals surface area contributed by atoms with E-state index in [1.54, 1.807) is 12.1 Å². The molecule has 5 heteroatoms. The van der Waals surface area contributed by atoms with Crippen LogP contribution in [0.4, 0.5) is 0 Å². The summed E-state index contributed by atoms with van der Waals surface area (Å²) in [6.07, 6.45) is 1.02. The average Bonchev–Trinajstić information content (AvgIpc) is 2.34. The number of fused-ring (bicyclic) bond motifs is 1. The number of hydrogen-bond acceptors (Lipinski definition) is 4. The molecule has 0 unspecified atom stereocenters. The first-order valence-corrected chi connectivity index (χ1v) is 6.05. The summed E-state index contributed by atoms with van der Waals surface area (Å²) in [4.78, 5) is 16.3. The van der Waals surface area contributed by atoms with Crippen molar-refractivity contribution >= 4 is 5.65 Å². The van der Waals surface area contributed by atoms with Crippen LogP contribution in [0.5, 0.6) is 5.75 Å². The monoisotopic (exact) mass is 247 g/mol. The van der Waals surface area contributed by atoms with E-state index >= 15 is 0 Å². The summed E-state index contributed by atoms with van der Waals surface area (Å²) in [7, 11) is 0. The average molecular weight is 247 g/mol. The predicted molar refractivity (Wildman–Crippen MR) is 69.9 cm³/mol. The number of aryl methyl sites for hydroxylation is 1. The van der Waals surface area contributed by atoms with Gasteiger partial charge in [0, 0.05) is 18.3 Å². The zero-order valence-corrected chi connectivity index (χ0v) is 10.6. The van der Waals surface area contributed by atoms with Crippen molar-refractivity contribution in [3.8, 4) is 5.75 Å². The summed E-state index contributed by atoms with van der Waals surface area (Å²) >= 11 is 0. The Labute approximate surface area is 105 Å². The highest BCUT2D eigenvalue weighted by molar-refractivity contribution is 5.53. The molecule has 0 atom stereocenters. The Balaban J connectivity index is 2.48. The molecule has 18 heavy (non-hydrogen) atoms. The van der Waals surface area contributed by atoms with Crippen LogP contribution in [-0.2, 0) is 6.54 Å². The molecule has 0 aliphatic carbocycles. The Morgan fingerprint density at radius 2 is 2.22 bits per heavy atom. The molecule has 0 bridgehead atoms. The van der Waals surface area contributed by atoms with Crippen LogP contribution in [0.15, 0.2) is 23.0 Å². The van der Waals surface area contributed by atoms with Crippen LogP contribution in [0.1, 0.15) is 24.7 Å². The lowest BCUT2D eigenvalue weighted by molar-refractivity contribution is 0.476. The minimum Gasteiger partial charge on any atom is -0.504 e.